The van der Waals surface area contributed by atoms with Crippen LogP contribution in [0.5, 0.6) is 0 Å². The third-order valence-electron chi connectivity index (χ3n) is 6.21. The lowest BCUT2D eigenvalue weighted by atomic mass is 10.0. The van der Waals surface area contributed by atoms with E-state index in [4.69, 9.17) is 0 Å². The minimum absolute atomic E-state index is 0.137. The van der Waals surface area contributed by atoms with E-state index in [1.165, 1.54) is 10.6 Å². The van der Waals surface area contributed by atoms with Gasteiger partial charge in [-0.1, -0.05) is 63.2 Å². The van der Waals surface area contributed by atoms with Crippen molar-refractivity contribution in [1.82, 2.24) is 10.2 Å². The second-order valence-electron chi connectivity index (χ2n) is 9.74. The highest BCUT2D eigenvalue weighted by molar-refractivity contribution is 7.92. The highest BCUT2D eigenvalue weighted by Gasteiger charge is 2.29. The number of para-hydroxylation sites is 1. The summed E-state index contributed by atoms with van der Waals surface area (Å²) in [6, 6.07) is 14.5. The highest BCUT2D eigenvalue weighted by Crippen LogP contribution is 2.23. The number of nitrogens with zero attached hydrogens (tertiary/aromatic N) is 2. The van der Waals surface area contributed by atoms with Gasteiger partial charge in [0.1, 0.15) is 6.04 Å². The van der Waals surface area contributed by atoms with Gasteiger partial charge in [0.2, 0.25) is 21.8 Å². The van der Waals surface area contributed by atoms with Crippen molar-refractivity contribution in [2.75, 3.05) is 23.7 Å². The van der Waals surface area contributed by atoms with E-state index in [9.17, 15) is 18.0 Å². The molecule has 198 valence electrons. The number of rotatable bonds is 13. The molecule has 1 unspecified atom stereocenters. The molecular weight excluding hydrogens is 474 g/mol. The molecule has 0 radical (unpaired) electrons. The van der Waals surface area contributed by atoms with Gasteiger partial charge in [-0.25, -0.2) is 8.42 Å². The standard InChI is InChI=1S/C28H41N3O4S/c1-7-25(28(33)29-19-21(2)3)30(20-24-15-10-8-13-22(24)4)27(32)17-12-18-31(36(6,34)35)26-16-11-9-14-23(26)5/h8-11,13-16,21,25H,7,12,17-20H2,1-6H3,(H,29,33). The summed E-state index contributed by atoms with van der Waals surface area (Å²) in [4.78, 5) is 28.2. The number of benzene rings is 2. The zero-order valence-corrected chi connectivity index (χ0v) is 23.3. The average molecular weight is 516 g/mol. The van der Waals surface area contributed by atoms with Gasteiger partial charge in [-0.15, -0.1) is 0 Å². The molecule has 2 aromatic carbocycles. The summed E-state index contributed by atoms with van der Waals surface area (Å²) in [6.07, 6.45) is 2.14. The maximum absolute atomic E-state index is 13.5. The molecule has 0 aliphatic heterocycles. The number of aryl methyl sites for hydroxylation is 2. The third kappa shape index (κ3) is 8.36. The topological polar surface area (TPSA) is 86.8 Å². The van der Waals surface area contributed by atoms with Crippen molar-refractivity contribution in [3.8, 4) is 0 Å². The Balaban J connectivity index is 2.23. The van der Waals surface area contributed by atoms with Gasteiger partial charge in [-0.05, 0) is 55.4 Å². The normalized spacial score (nSPS) is 12.3. The fraction of sp³-hybridized carbons (Fsp3) is 0.500. The Hall–Kier alpha value is -2.87. The van der Waals surface area contributed by atoms with Crippen LogP contribution in [0, 0.1) is 19.8 Å². The molecule has 0 heterocycles. The molecule has 7 nitrogen and oxygen atoms in total. The first-order valence-corrected chi connectivity index (χ1v) is 14.5. The third-order valence-corrected chi connectivity index (χ3v) is 7.39. The number of sulfonamides is 1. The molecule has 0 aliphatic carbocycles. The Bertz CT molecular complexity index is 1130. The lowest BCUT2D eigenvalue weighted by Gasteiger charge is -2.32. The van der Waals surface area contributed by atoms with Crippen molar-refractivity contribution >= 4 is 27.5 Å². The van der Waals surface area contributed by atoms with Gasteiger partial charge in [0.15, 0.2) is 0 Å². The number of nitrogens with one attached hydrogen (secondary N) is 1. The molecule has 0 aromatic heterocycles. The van der Waals surface area contributed by atoms with E-state index in [0.717, 1.165) is 16.7 Å². The minimum Gasteiger partial charge on any atom is -0.354 e. The van der Waals surface area contributed by atoms with Gasteiger partial charge in [0.25, 0.3) is 0 Å². The molecule has 1 atom stereocenters. The van der Waals surface area contributed by atoms with Gasteiger partial charge in [0, 0.05) is 26.1 Å². The monoisotopic (exact) mass is 515 g/mol. The summed E-state index contributed by atoms with van der Waals surface area (Å²) in [6.45, 7) is 10.9. The molecule has 0 fully saturated rings. The Morgan fingerprint density at radius 1 is 0.972 bits per heavy atom. The van der Waals surface area contributed by atoms with E-state index in [1.807, 2.05) is 71.0 Å². The predicted octanol–water partition coefficient (Wildman–Crippen LogP) is 4.43. The maximum Gasteiger partial charge on any atom is 0.242 e. The van der Waals surface area contributed by atoms with E-state index in [2.05, 4.69) is 5.32 Å². The lowest BCUT2D eigenvalue weighted by Crippen LogP contribution is -2.49. The summed E-state index contributed by atoms with van der Waals surface area (Å²) in [5, 5.41) is 2.97. The minimum atomic E-state index is -3.52. The van der Waals surface area contributed by atoms with E-state index in [1.54, 1.807) is 17.0 Å². The second-order valence-corrected chi connectivity index (χ2v) is 11.6. The molecule has 1 N–H and O–H groups in total. The van der Waals surface area contributed by atoms with Crippen molar-refractivity contribution in [1.29, 1.82) is 0 Å². The summed E-state index contributed by atoms with van der Waals surface area (Å²) in [7, 11) is -3.52. The SMILES string of the molecule is CCC(C(=O)NCC(C)C)N(Cc1ccccc1C)C(=O)CCCN(c1ccccc1C)S(C)(=O)=O. The zero-order chi connectivity index (χ0) is 26.9. The Morgan fingerprint density at radius 2 is 1.58 bits per heavy atom. The average Bonchev–Trinajstić information content (AvgIpc) is 2.81. The summed E-state index contributed by atoms with van der Waals surface area (Å²) >= 11 is 0. The molecule has 2 amide bonds. The smallest absolute Gasteiger partial charge is 0.242 e. The first-order chi connectivity index (χ1) is 17.0. The molecule has 36 heavy (non-hydrogen) atoms. The number of anilines is 1. The van der Waals surface area contributed by atoms with Crippen molar-refractivity contribution in [3.05, 3.63) is 65.2 Å². The van der Waals surface area contributed by atoms with Crippen LogP contribution in [0.4, 0.5) is 5.69 Å². The highest BCUT2D eigenvalue weighted by atomic mass is 32.2. The predicted molar refractivity (Wildman–Crippen MR) is 146 cm³/mol. The molecule has 2 aromatic rings. The number of carbonyl (C=O) groups excluding carboxylic acids is 2. The van der Waals surface area contributed by atoms with Gasteiger partial charge in [-0.2, -0.15) is 0 Å². The largest absolute Gasteiger partial charge is 0.354 e. The fourth-order valence-corrected chi connectivity index (χ4v) is 5.16. The maximum atomic E-state index is 13.5. The van der Waals surface area contributed by atoms with Crippen molar-refractivity contribution in [2.24, 2.45) is 5.92 Å². The van der Waals surface area contributed by atoms with Crippen LogP contribution in [0.1, 0.15) is 56.7 Å². The van der Waals surface area contributed by atoms with Crippen LogP contribution in [-0.2, 0) is 26.2 Å². The quantitative estimate of drug-likeness (QED) is 0.428. The molecule has 0 spiro atoms. The van der Waals surface area contributed by atoms with Crippen LogP contribution in [0.15, 0.2) is 48.5 Å². The van der Waals surface area contributed by atoms with E-state index >= 15 is 0 Å². The van der Waals surface area contributed by atoms with Gasteiger partial charge < -0.3 is 10.2 Å². The first-order valence-electron chi connectivity index (χ1n) is 12.6. The Kier molecular flexibility index (Phi) is 11.0. The van der Waals surface area contributed by atoms with Gasteiger partial charge in [-0.3, -0.25) is 13.9 Å². The molecular formula is C28H41N3O4S. The number of hydrogen-bond donors (Lipinski definition) is 1. The molecule has 0 saturated heterocycles. The number of hydrogen-bond acceptors (Lipinski definition) is 4. The Labute approximate surface area is 216 Å². The van der Waals surface area contributed by atoms with E-state index < -0.39 is 16.1 Å². The van der Waals surface area contributed by atoms with E-state index in [0.29, 0.717) is 37.5 Å². The second kappa shape index (κ2) is 13.4. The number of amides is 2. The summed E-state index contributed by atoms with van der Waals surface area (Å²) in [5.41, 5.74) is 3.50. The fourth-order valence-electron chi connectivity index (χ4n) is 4.14. The van der Waals surface area contributed by atoms with Crippen LogP contribution < -0.4 is 9.62 Å². The van der Waals surface area contributed by atoms with Crippen LogP contribution in [0.2, 0.25) is 0 Å². The Morgan fingerprint density at radius 3 is 2.14 bits per heavy atom. The zero-order valence-electron chi connectivity index (χ0n) is 22.5. The van der Waals surface area contributed by atoms with Crippen LogP contribution in [-0.4, -0.2) is 50.5 Å². The summed E-state index contributed by atoms with van der Waals surface area (Å²) in [5.74, 6) is -0.0239. The molecule has 8 heteroatoms. The van der Waals surface area contributed by atoms with Crippen molar-refractivity contribution in [3.63, 3.8) is 0 Å². The van der Waals surface area contributed by atoms with Gasteiger partial charge in [0.05, 0.1) is 11.9 Å². The van der Waals surface area contributed by atoms with Crippen molar-refractivity contribution < 1.29 is 18.0 Å². The van der Waals surface area contributed by atoms with Crippen LogP contribution >= 0.6 is 0 Å². The number of carbonyl (C=O) groups is 2. The van der Waals surface area contributed by atoms with Crippen LogP contribution in [0.25, 0.3) is 0 Å². The van der Waals surface area contributed by atoms with Crippen LogP contribution in [0.3, 0.4) is 0 Å². The molecule has 0 aliphatic rings. The lowest BCUT2D eigenvalue weighted by molar-refractivity contribution is -0.141. The first kappa shape index (κ1) is 29.4. The summed E-state index contributed by atoms with van der Waals surface area (Å²) < 4.78 is 26.4. The van der Waals surface area contributed by atoms with Gasteiger partial charge >= 0.3 is 0 Å². The molecule has 0 bridgehead atoms. The molecule has 2 rings (SSSR count). The molecule has 0 saturated carbocycles. The van der Waals surface area contributed by atoms with Crippen molar-refractivity contribution in [2.45, 2.75) is 66.5 Å². The van der Waals surface area contributed by atoms with E-state index in [-0.39, 0.29) is 24.8 Å².